The molecule has 1 amide bonds. The van der Waals surface area contributed by atoms with Gasteiger partial charge in [-0.3, -0.25) is 14.9 Å². The second kappa shape index (κ2) is 8.21. The average Bonchev–Trinajstić information content (AvgIpc) is 2.50. The zero-order chi connectivity index (χ0) is 15.8. The molecule has 0 unspecified atom stereocenters. The van der Waals surface area contributed by atoms with Gasteiger partial charge in [-0.05, 0) is 18.4 Å². The Morgan fingerprint density at radius 1 is 1.52 bits per heavy atom. The molecule has 0 saturated carbocycles. The fraction of sp³-hybridized carbons (Fsp3) is 0.500. The number of aliphatic hydroxyl groups is 1. The number of hydrogen-bond acceptors (Lipinski definition) is 5. The largest absolute Gasteiger partial charge is 0.496 e. The maximum absolute atomic E-state index is 12.1. The fourth-order valence-corrected chi connectivity index (χ4v) is 1.95. The van der Waals surface area contributed by atoms with Crippen LogP contribution in [0, 0.1) is 16.0 Å². The van der Waals surface area contributed by atoms with Crippen molar-refractivity contribution in [2.75, 3.05) is 20.3 Å². The van der Waals surface area contributed by atoms with Crippen molar-refractivity contribution in [1.82, 2.24) is 5.32 Å². The van der Waals surface area contributed by atoms with Gasteiger partial charge < -0.3 is 15.2 Å². The van der Waals surface area contributed by atoms with Gasteiger partial charge in [0.15, 0.2) is 0 Å². The molecule has 0 aromatic heterocycles. The van der Waals surface area contributed by atoms with E-state index in [2.05, 4.69) is 5.32 Å². The van der Waals surface area contributed by atoms with Gasteiger partial charge in [0.05, 0.1) is 17.6 Å². The standard InChI is InChI=1S/C14H20N2O5/c1-3-10(6-7-17)9-15-14(18)12-8-11(16(19)20)4-5-13(12)21-2/h4-5,8,10,17H,3,6-7,9H2,1-2H3,(H,15,18)/t10-/m1/s1. The molecule has 0 spiro atoms. The highest BCUT2D eigenvalue weighted by Crippen LogP contribution is 2.24. The molecule has 0 aliphatic rings. The van der Waals surface area contributed by atoms with E-state index in [1.165, 1.54) is 25.3 Å². The molecule has 7 heteroatoms. The first kappa shape index (κ1) is 16.9. The summed E-state index contributed by atoms with van der Waals surface area (Å²) < 4.78 is 5.06. The molecule has 7 nitrogen and oxygen atoms in total. The number of non-ortho nitro benzene ring substituents is 1. The zero-order valence-corrected chi connectivity index (χ0v) is 12.2. The van der Waals surface area contributed by atoms with E-state index in [4.69, 9.17) is 9.84 Å². The maximum Gasteiger partial charge on any atom is 0.270 e. The number of carbonyl (C=O) groups excluding carboxylic acids is 1. The molecule has 1 atom stereocenters. The summed E-state index contributed by atoms with van der Waals surface area (Å²) in [7, 11) is 1.40. The summed E-state index contributed by atoms with van der Waals surface area (Å²) in [6, 6.07) is 3.88. The van der Waals surface area contributed by atoms with Crippen LogP contribution in [0.2, 0.25) is 0 Å². The third-order valence-electron chi connectivity index (χ3n) is 3.30. The highest BCUT2D eigenvalue weighted by Gasteiger charge is 2.18. The van der Waals surface area contributed by atoms with Crippen LogP contribution in [-0.2, 0) is 0 Å². The van der Waals surface area contributed by atoms with Crippen LogP contribution in [0.4, 0.5) is 5.69 Å². The van der Waals surface area contributed by atoms with Crippen LogP contribution < -0.4 is 10.1 Å². The number of methoxy groups -OCH3 is 1. The minimum absolute atomic E-state index is 0.0640. The van der Waals surface area contributed by atoms with Crippen molar-refractivity contribution >= 4 is 11.6 Å². The van der Waals surface area contributed by atoms with Gasteiger partial charge in [0.25, 0.3) is 11.6 Å². The van der Waals surface area contributed by atoms with E-state index in [-0.39, 0.29) is 29.5 Å². The van der Waals surface area contributed by atoms with Crippen LogP contribution in [0.5, 0.6) is 5.75 Å². The number of hydrogen-bond donors (Lipinski definition) is 2. The van der Waals surface area contributed by atoms with E-state index in [0.29, 0.717) is 13.0 Å². The summed E-state index contributed by atoms with van der Waals surface area (Å²) >= 11 is 0. The molecular formula is C14H20N2O5. The smallest absolute Gasteiger partial charge is 0.270 e. The summed E-state index contributed by atoms with van der Waals surface area (Å²) in [6.07, 6.45) is 1.43. The molecule has 116 valence electrons. The molecular weight excluding hydrogens is 276 g/mol. The van der Waals surface area contributed by atoms with Gasteiger partial charge >= 0.3 is 0 Å². The van der Waals surface area contributed by atoms with Crippen LogP contribution >= 0.6 is 0 Å². The van der Waals surface area contributed by atoms with Crippen LogP contribution in [0.1, 0.15) is 30.1 Å². The Morgan fingerprint density at radius 2 is 2.24 bits per heavy atom. The van der Waals surface area contributed by atoms with Crippen LogP contribution in [0.15, 0.2) is 18.2 Å². The number of nitrogens with one attached hydrogen (secondary N) is 1. The first-order chi connectivity index (χ1) is 10.0. The predicted octanol–water partition coefficient (Wildman–Crippen LogP) is 1.74. The second-order valence-electron chi connectivity index (χ2n) is 4.64. The molecule has 0 saturated heterocycles. The van der Waals surface area contributed by atoms with Crippen molar-refractivity contribution in [3.8, 4) is 5.75 Å². The van der Waals surface area contributed by atoms with Gasteiger partial charge in [0.2, 0.25) is 0 Å². The van der Waals surface area contributed by atoms with Crippen molar-refractivity contribution < 1.29 is 19.6 Å². The lowest BCUT2D eigenvalue weighted by Gasteiger charge is -2.15. The van der Waals surface area contributed by atoms with Crippen molar-refractivity contribution in [2.24, 2.45) is 5.92 Å². The number of aliphatic hydroxyl groups excluding tert-OH is 1. The molecule has 0 bridgehead atoms. The first-order valence-electron chi connectivity index (χ1n) is 6.74. The number of nitrogens with zero attached hydrogens (tertiary/aromatic N) is 1. The van der Waals surface area contributed by atoms with Gasteiger partial charge in [0, 0.05) is 25.3 Å². The number of nitro benzene ring substituents is 1. The average molecular weight is 296 g/mol. The fourth-order valence-electron chi connectivity index (χ4n) is 1.95. The number of benzene rings is 1. The molecule has 1 rings (SSSR count). The summed E-state index contributed by atoms with van der Waals surface area (Å²) in [5.74, 6) is 0.0314. The normalized spacial score (nSPS) is 11.8. The monoisotopic (exact) mass is 296 g/mol. The number of nitro groups is 1. The van der Waals surface area contributed by atoms with Crippen molar-refractivity contribution in [2.45, 2.75) is 19.8 Å². The van der Waals surface area contributed by atoms with Crippen molar-refractivity contribution in [1.29, 1.82) is 0 Å². The first-order valence-corrected chi connectivity index (χ1v) is 6.74. The van der Waals surface area contributed by atoms with E-state index in [9.17, 15) is 14.9 Å². The lowest BCUT2D eigenvalue weighted by Crippen LogP contribution is -2.29. The molecule has 1 aromatic carbocycles. The van der Waals surface area contributed by atoms with Gasteiger partial charge in [-0.15, -0.1) is 0 Å². The summed E-state index contributed by atoms with van der Waals surface area (Å²) in [5.41, 5.74) is -0.0334. The lowest BCUT2D eigenvalue weighted by atomic mass is 10.0. The Balaban J connectivity index is 2.85. The van der Waals surface area contributed by atoms with E-state index in [0.717, 1.165) is 6.42 Å². The van der Waals surface area contributed by atoms with Gasteiger partial charge in [-0.25, -0.2) is 0 Å². The van der Waals surface area contributed by atoms with Crippen LogP contribution in [-0.4, -0.2) is 36.2 Å². The minimum Gasteiger partial charge on any atom is -0.496 e. The van der Waals surface area contributed by atoms with Crippen molar-refractivity contribution in [3.05, 3.63) is 33.9 Å². The lowest BCUT2D eigenvalue weighted by molar-refractivity contribution is -0.384. The van der Waals surface area contributed by atoms with Gasteiger partial charge in [-0.1, -0.05) is 13.3 Å². The number of amides is 1. The van der Waals surface area contributed by atoms with E-state index < -0.39 is 10.8 Å². The molecule has 0 aliphatic heterocycles. The van der Waals surface area contributed by atoms with Gasteiger partial charge in [-0.2, -0.15) is 0 Å². The molecule has 21 heavy (non-hydrogen) atoms. The number of carbonyl (C=O) groups is 1. The Labute approximate surface area is 123 Å². The second-order valence-corrected chi connectivity index (χ2v) is 4.64. The van der Waals surface area contributed by atoms with Crippen LogP contribution in [0.25, 0.3) is 0 Å². The van der Waals surface area contributed by atoms with Crippen molar-refractivity contribution in [3.63, 3.8) is 0 Å². The van der Waals surface area contributed by atoms with E-state index in [1.807, 2.05) is 6.92 Å². The molecule has 2 N–H and O–H groups in total. The summed E-state index contributed by atoms with van der Waals surface area (Å²) in [4.78, 5) is 22.4. The highest BCUT2D eigenvalue weighted by molar-refractivity contribution is 5.97. The van der Waals surface area contributed by atoms with E-state index in [1.54, 1.807) is 0 Å². The van der Waals surface area contributed by atoms with Crippen LogP contribution in [0.3, 0.4) is 0 Å². The SMILES string of the molecule is CC[C@H](CCO)CNC(=O)c1cc([N+](=O)[O-])ccc1OC. The summed E-state index contributed by atoms with van der Waals surface area (Å²) in [5, 5.41) is 22.4. The Morgan fingerprint density at radius 3 is 2.76 bits per heavy atom. The zero-order valence-electron chi connectivity index (χ0n) is 12.2. The van der Waals surface area contributed by atoms with E-state index >= 15 is 0 Å². The third-order valence-corrected chi connectivity index (χ3v) is 3.30. The Bertz CT molecular complexity index is 504. The maximum atomic E-state index is 12.1. The molecule has 0 aliphatic carbocycles. The highest BCUT2D eigenvalue weighted by atomic mass is 16.6. The minimum atomic E-state index is -0.559. The molecule has 0 fully saturated rings. The number of ether oxygens (including phenoxy) is 1. The Kier molecular flexibility index (Phi) is 6.61. The Hall–Kier alpha value is -2.15. The third kappa shape index (κ3) is 4.71. The molecule has 0 heterocycles. The summed E-state index contributed by atoms with van der Waals surface area (Å²) in [6.45, 7) is 2.44. The molecule has 0 radical (unpaired) electrons. The predicted molar refractivity (Wildman–Crippen MR) is 77.5 cm³/mol. The topological polar surface area (TPSA) is 102 Å². The molecule has 1 aromatic rings. The van der Waals surface area contributed by atoms with Gasteiger partial charge in [0.1, 0.15) is 5.75 Å². The number of rotatable bonds is 8. The quantitative estimate of drug-likeness (QED) is 0.562.